The third kappa shape index (κ3) is 3.76. The molecule has 1 amide bonds. The monoisotopic (exact) mass is 127 g/mol. The molecule has 0 aromatic rings. The van der Waals surface area contributed by atoms with Crippen LogP contribution in [0.4, 0.5) is 0 Å². The fourth-order valence-corrected chi connectivity index (χ4v) is 0.516. The van der Waals surface area contributed by atoms with E-state index in [0.717, 1.165) is 5.57 Å². The number of hydrogen-bond donors (Lipinski definition) is 0. The number of carbonyl (C=O) groups excluding carboxylic acids is 1. The van der Waals surface area contributed by atoms with Crippen molar-refractivity contribution in [2.45, 2.75) is 13.8 Å². The lowest BCUT2D eigenvalue weighted by molar-refractivity contribution is -0.127. The predicted octanol–water partition coefficient (Wildman–Crippen LogP) is 1.04. The maximum absolute atomic E-state index is 10.6. The van der Waals surface area contributed by atoms with Crippen molar-refractivity contribution in [3.63, 3.8) is 0 Å². The number of likely N-dealkylation sites (N-methyl/N-ethyl adjacent to an activating group) is 1. The maximum Gasteiger partial charge on any atom is 0.219 e. The minimum atomic E-state index is 0.0815. The lowest BCUT2D eigenvalue weighted by Gasteiger charge is -2.13. The molecule has 0 radical (unpaired) electrons. The van der Waals surface area contributed by atoms with E-state index in [1.165, 1.54) is 0 Å². The van der Waals surface area contributed by atoms with Gasteiger partial charge in [0.25, 0.3) is 0 Å². The van der Waals surface area contributed by atoms with Crippen molar-refractivity contribution in [3.05, 3.63) is 12.2 Å². The second kappa shape index (κ2) is 3.28. The Morgan fingerprint density at radius 3 is 2.11 bits per heavy atom. The molecule has 0 fully saturated rings. The Bertz CT molecular complexity index is 129. The summed E-state index contributed by atoms with van der Waals surface area (Å²) in [5.74, 6) is 0.0815. The van der Waals surface area contributed by atoms with Gasteiger partial charge in [-0.3, -0.25) is 4.79 Å². The lowest BCUT2D eigenvalue weighted by Crippen LogP contribution is -2.25. The number of carbonyl (C=O) groups is 1. The van der Waals surface area contributed by atoms with Gasteiger partial charge in [0, 0.05) is 20.5 Å². The molecule has 0 saturated carbocycles. The van der Waals surface area contributed by atoms with Gasteiger partial charge < -0.3 is 4.90 Å². The molecule has 52 valence electrons. The van der Waals surface area contributed by atoms with Gasteiger partial charge in [0.15, 0.2) is 0 Å². The van der Waals surface area contributed by atoms with Gasteiger partial charge in [-0.15, -0.1) is 0 Å². The summed E-state index contributed by atoms with van der Waals surface area (Å²) in [6, 6.07) is 0. The van der Waals surface area contributed by atoms with E-state index in [1.54, 1.807) is 18.9 Å². The number of nitrogens with zero attached hydrogens (tertiary/aromatic N) is 1. The van der Waals surface area contributed by atoms with Crippen molar-refractivity contribution in [1.82, 2.24) is 4.90 Å². The summed E-state index contributed by atoms with van der Waals surface area (Å²) in [5.41, 5.74) is 1.01. The first-order valence-electron chi connectivity index (χ1n) is 2.90. The highest BCUT2D eigenvalue weighted by molar-refractivity contribution is 5.73. The van der Waals surface area contributed by atoms with Gasteiger partial charge >= 0.3 is 0 Å². The lowest BCUT2D eigenvalue weighted by atomic mass is 10.3. The smallest absolute Gasteiger partial charge is 0.219 e. The Hall–Kier alpha value is -0.790. The summed E-state index contributed by atoms with van der Waals surface area (Å²) in [6.07, 6.45) is 0. The normalized spacial score (nSPS) is 8.78. The molecule has 0 spiro atoms. The summed E-state index contributed by atoms with van der Waals surface area (Å²) in [7, 11) is 1.76. The van der Waals surface area contributed by atoms with Crippen molar-refractivity contribution in [2.75, 3.05) is 13.6 Å². The Labute approximate surface area is 56.2 Å². The van der Waals surface area contributed by atoms with Crippen LogP contribution in [0.5, 0.6) is 0 Å². The molecule has 0 unspecified atom stereocenters. The SMILES string of the molecule is C=C(C)CN(C)C(C)=O. The Morgan fingerprint density at radius 2 is 2.00 bits per heavy atom. The molecule has 0 aliphatic carbocycles. The average molecular weight is 127 g/mol. The molecule has 2 nitrogen and oxygen atoms in total. The fraction of sp³-hybridized carbons (Fsp3) is 0.571. The third-order valence-corrected chi connectivity index (χ3v) is 1.04. The second-order valence-corrected chi connectivity index (χ2v) is 2.33. The van der Waals surface area contributed by atoms with Crippen LogP contribution < -0.4 is 0 Å². The fourth-order valence-electron chi connectivity index (χ4n) is 0.516. The van der Waals surface area contributed by atoms with E-state index < -0.39 is 0 Å². The Morgan fingerprint density at radius 1 is 1.56 bits per heavy atom. The van der Waals surface area contributed by atoms with Gasteiger partial charge in [-0.1, -0.05) is 12.2 Å². The quantitative estimate of drug-likeness (QED) is 0.507. The van der Waals surface area contributed by atoms with E-state index >= 15 is 0 Å². The van der Waals surface area contributed by atoms with E-state index in [-0.39, 0.29) is 5.91 Å². The van der Waals surface area contributed by atoms with Crippen molar-refractivity contribution in [1.29, 1.82) is 0 Å². The Kier molecular flexibility index (Phi) is 2.99. The molecule has 0 aliphatic rings. The van der Waals surface area contributed by atoms with E-state index in [1.807, 2.05) is 6.92 Å². The van der Waals surface area contributed by atoms with Crippen molar-refractivity contribution >= 4 is 5.91 Å². The highest BCUT2D eigenvalue weighted by Gasteiger charge is 1.99. The molecule has 2 heteroatoms. The van der Waals surface area contributed by atoms with E-state index in [0.29, 0.717) is 6.54 Å². The number of hydrogen-bond acceptors (Lipinski definition) is 1. The Balaban J connectivity index is 3.63. The van der Waals surface area contributed by atoms with E-state index in [4.69, 9.17) is 0 Å². The van der Waals surface area contributed by atoms with Crippen LogP contribution >= 0.6 is 0 Å². The molecular weight excluding hydrogens is 114 g/mol. The summed E-state index contributed by atoms with van der Waals surface area (Å²) < 4.78 is 0. The zero-order valence-electron chi connectivity index (χ0n) is 6.27. The molecule has 0 atom stereocenters. The van der Waals surface area contributed by atoms with Crippen molar-refractivity contribution in [3.8, 4) is 0 Å². The average Bonchev–Trinajstić information content (AvgIpc) is 1.63. The van der Waals surface area contributed by atoms with Crippen LogP contribution in [-0.2, 0) is 4.79 Å². The highest BCUT2D eigenvalue weighted by atomic mass is 16.2. The molecule has 0 aromatic heterocycles. The van der Waals surface area contributed by atoms with Crippen LogP contribution in [-0.4, -0.2) is 24.4 Å². The van der Waals surface area contributed by atoms with E-state index in [2.05, 4.69) is 6.58 Å². The molecule has 0 N–H and O–H groups in total. The van der Waals surface area contributed by atoms with Gasteiger partial charge in [-0.05, 0) is 6.92 Å². The van der Waals surface area contributed by atoms with Crippen LogP contribution in [0.15, 0.2) is 12.2 Å². The molecule has 0 saturated heterocycles. The maximum atomic E-state index is 10.6. The highest BCUT2D eigenvalue weighted by Crippen LogP contribution is 1.91. The van der Waals surface area contributed by atoms with Crippen molar-refractivity contribution in [2.24, 2.45) is 0 Å². The summed E-state index contributed by atoms with van der Waals surface area (Å²) in [6.45, 7) is 7.79. The summed E-state index contributed by atoms with van der Waals surface area (Å²) in [5, 5.41) is 0. The molecule has 0 aliphatic heterocycles. The molecule has 0 aromatic carbocycles. The first kappa shape index (κ1) is 8.21. The number of amides is 1. The molecule has 9 heavy (non-hydrogen) atoms. The van der Waals surface area contributed by atoms with Crippen LogP contribution in [0, 0.1) is 0 Å². The molecule has 0 bridgehead atoms. The van der Waals surface area contributed by atoms with Gasteiger partial charge in [-0.25, -0.2) is 0 Å². The summed E-state index contributed by atoms with van der Waals surface area (Å²) >= 11 is 0. The van der Waals surface area contributed by atoms with Gasteiger partial charge in [0.05, 0.1) is 0 Å². The first-order valence-corrected chi connectivity index (χ1v) is 2.90. The van der Waals surface area contributed by atoms with Gasteiger partial charge in [-0.2, -0.15) is 0 Å². The predicted molar refractivity (Wildman–Crippen MR) is 38.1 cm³/mol. The van der Waals surface area contributed by atoms with Crippen LogP contribution in [0.3, 0.4) is 0 Å². The molecular formula is C7H13NO. The van der Waals surface area contributed by atoms with Crippen LogP contribution in [0.25, 0.3) is 0 Å². The standard InChI is InChI=1S/C7H13NO/c1-6(2)5-8(4)7(3)9/h1,5H2,2-4H3. The van der Waals surface area contributed by atoms with Crippen LogP contribution in [0.1, 0.15) is 13.8 Å². The van der Waals surface area contributed by atoms with Crippen molar-refractivity contribution < 1.29 is 4.79 Å². The molecule has 0 rings (SSSR count). The zero-order valence-corrected chi connectivity index (χ0v) is 6.27. The minimum Gasteiger partial charge on any atom is -0.342 e. The minimum absolute atomic E-state index is 0.0815. The zero-order chi connectivity index (χ0) is 7.44. The van der Waals surface area contributed by atoms with Gasteiger partial charge in [0.2, 0.25) is 5.91 Å². The largest absolute Gasteiger partial charge is 0.342 e. The topological polar surface area (TPSA) is 20.3 Å². The third-order valence-electron chi connectivity index (χ3n) is 1.04. The first-order chi connectivity index (χ1) is 4.04. The van der Waals surface area contributed by atoms with Crippen LogP contribution in [0.2, 0.25) is 0 Å². The number of rotatable bonds is 2. The second-order valence-electron chi connectivity index (χ2n) is 2.33. The van der Waals surface area contributed by atoms with E-state index in [9.17, 15) is 4.79 Å². The summed E-state index contributed by atoms with van der Waals surface area (Å²) in [4.78, 5) is 12.2. The molecule has 0 heterocycles. The van der Waals surface area contributed by atoms with Gasteiger partial charge in [0.1, 0.15) is 0 Å².